The van der Waals surface area contributed by atoms with E-state index in [0.29, 0.717) is 0 Å². The van der Waals surface area contributed by atoms with E-state index in [0.717, 1.165) is 15.7 Å². The van der Waals surface area contributed by atoms with Gasteiger partial charge in [-0.3, -0.25) is 4.79 Å². The van der Waals surface area contributed by atoms with Gasteiger partial charge < -0.3 is 4.42 Å². The monoisotopic (exact) mass is 306 g/mol. The third kappa shape index (κ3) is 3.07. The summed E-state index contributed by atoms with van der Waals surface area (Å²) < 4.78 is 5.93. The molecule has 0 bridgehead atoms. The topological polar surface area (TPSA) is 54.6 Å². The number of nitrogens with zero attached hydrogens (tertiary/aromatic N) is 1. The van der Waals surface area contributed by atoms with E-state index in [2.05, 4.69) is 26.5 Å². The van der Waals surface area contributed by atoms with Crippen molar-refractivity contribution < 1.29 is 9.21 Å². The SMILES string of the molecule is CC(=NNC(=O)c1ccco1)c1cccc(Br)c1. The lowest BCUT2D eigenvalue weighted by Crippen LogP contribution is -2.18. The molecule has 92 valence electrons. The van der Waals surface area contributed by atoms with Crippen LogP contribution in [0.15, 0.2) is 56.7 Å². The zero-order valence-electron chi connectivity index (χ0n) is 9.68. The number of hydrogen-bond donors (Lipinski definition) is 1. The van der Waals surface area contributed by atoms with Gasteiger partial charge in [-0.2, -0.15) is 5.10 Å². The predicted molar refractivity (Wildman–Crippen MR) is 72.5 cm³/mol. The van der Waals surface area contributed by atoms with Crippen molar-refractivity contribution in [3.05, 3.63) is 58.5 Å². The Balaban J connectivity index is 2.08. The van der Waals surface area contributed by atoms with Crippen LogP contribution < -0.4 is 5.43 Å². The zero-order chi connectivity index (χ0) is 13.0. The van der Waals surface area contributed by atoms with Crippen LogP contribution in [0, 0.1) is 0 Å². The summed E-state index contributed by atoms with van der Waals surface area (Å²) in [5, 5.41) is 4.03. The van der Waals surface area contributed by atoms with Crippen molar-refractivity contribution in [2.45, 2.75) is 6.92 Å². The molecule has 2 aromatic rings. The molecular weight excluding hydrogens is 296 g/mol. The second kappa shape index (κ2) is 5.64. The summed E-state index contributed by atoms with van der Waals surface area (Å²) in [6, 6.07) is 10.9. The quantitative estimate of drug-likeness (QED) is 0.699. The van der Waals surface area contributed by atoms with Crippen LogP contribution in [-0.4, -0.2) is 11.6 Å². The van der Waals surface area contributed by atoms with Crippen molar-refractivity contribution in [2.75, 3.05) is 0 Å². The van der Waals surface area contributed by atoms with Gasteiger partial charge in [-0.05, 0) is 36.8 Å². The number of furan rings is 1. The van der Waals surface area contributed by atoms with Gasteiger partial charge in [0, 0.05) is 4.47 Å². The van der Waals surface area contributed by atoms with E-state index < -0.39 is 0 Å². The molecule has 0 radical (unpaired) electrons. The molecule has 0 saturated heterocycles. The Labute approximate surface area is 113 Å². The molecule has 5 heteroatoms. The fraction of sp³-hybridized carbons (Fsp3) is 0.0769. The Kier molecular flexibility index (Phi) is 3.94. The predicted octanol–water partition coefficient (Wildman–Crippen LogP) is 3.20. The van der Waals surface area contributed by atoms with E-state index >= 15 is 0 Å². The summed E-state index contributed by atoms with van der Waals surface area (Å²) >= 11 is 3.38. The minimum Gasteiger partial charge on any atom is -0.459 e. The number of hydrogen-bond acceptors (Lipinski definition) is 3. The maximum Gasteiger partial charge on any atom is 0.307 e. The van der Waals surface area contributed by atoms with Crippen molar-refractivity contribution in [1.82, 2.24) is 5.43 Å². The highest BCUT2D eigenvalue weighted by molar-refractivity contribution is 9.10. The summed E-state index contributed by atoms with van der Waals surface area (Å²) in [5.41, 5.74) is 4.10. The molecule has 0 spiro atoms. The molecule has 0 aliphatic carbocycles. The number of benzene rings is 1. The van der Waals surface area contributed by atoms with Gasteiger partial charge in [0.05, 0.1) is 12.0 Å². The smallest absolute Gasteiger partial charge is 0.307 e. The van der Waals surface area contributed by atoms with E-state index in [4.69, 9.17) is 4.42 Å². The molecule has 1 aromatic heterocycles. The molecule has 1 amide bonds. The van der Waals surface area contributed by atoms with Crippen molar-refractivity contribution in [2.24, 2.45) is 5.10 Å². The van der Waals surface area contributed by atoms with E-state index in [1.807, 2.05) is 31.2 Å². The molecule has 2 rings (SSSR count). The molecule has 0 aliphatic rings. The van der Waals surface area contributed by atoms with Crippen molar-refractivity contribution >= 4 is 27.5 Å². The fourth-order valence-electron chi connectivity index (χ4n) is 1.38. The molecule has 1 heterocycles. The van der Waals surface area contributed by atoms with Crippen LogP contribution in [0.5, 0.6) is 0 Å². The van der Waals surface area contributed by atoms with Crippen LogP contribution in [0.25, 0.3) is 0 Å². The van der Waals surface area contributed by atoms with Crippen LogP contribution >= 0.6 is 15.9 Å². The molecular formula is C13H11BrN2O2. The number of carbonyl (C=O) groups excluding carboxylic acids is 1. The molecule has 0 aliphatic heterocycles. The van der Waals surface area contributed by atoms with Crippen LogP contribution in [0.3, 0.4) is 0 Å². The highest BCUT2D eigenvalue weighted by Gasteiger charge is 2.07. The van der Waals surface area contributed by atoms with Gasteiger partial charge in [0.1, 0.15) is 0 Å². The van der Waals surface area contributed by atoms with Crippen molar-refractivity contribution in [3.8, 4) is 0 Å². The Morgan fingerprint density at radius 3 is 2.83 bits per heavy atom. The van der Waals surface area contributed by atoms with E-state index in [-0.39, 0.29) is 11.7 Å². The number of nitrogens with one attached hydrogen (secondary N) is 1. The molecule has 18 heavy (non-hydrogen) atoms. The number of rotatable bonds is 3. The average molecular weight is 307 g/mol. The standard InChI is InChI=1S/C13H11BrN2O2/c1-9(10-4-2-5-11(14)8-10)15-16-13(17)12-6-3-7-18-12/h2-8H,1H3,(H,16,17). The molecule has 0 atom stereocenters. The lowest BCUT2D eigenvalue weighted by Gasteiger charge is -2.02. The maximum atomic E-state index is 11.6. The summed E-state index contributed by atoms with van der Waals surface area (Å²) in [4.78, 5) is 11.6. The van der Waals surface area contributed by atoms with Crippen LogP contribution in [0.2, 0.25) is 0 Å². The van der Waals surface area contributed by atoms with Gasteiger partial charge in [-0.1, -0.05) is 28.1 Å². The van der Waals surface area contributed by atoms with Crippen molar-refractivity contribution in [3.63, 3.8) is 0 Å². The fourth-order valence-corrected chi connectivity index (χ4v) is 1.77. The Bertz CT molecular complexity index is 576. The van der Waals surface area contributed by atoms with E-state index in [1.165, 1.54) is 6.26 Å². The first kappa shape index (κ1) is 12.6. The largest absolute Gasteiger partial charge is 0.459 e. The van der Waals surface area contributed by atoms with Gasteiger partial charge in [0.2, 0.25) is 0 Å². The highest BCUT2D eigenvalue weighted by Crippen LogP contribution is 2.12. The van der Waals surface area contributed by atoms with Crippen LogP contribution in [0.1, 0.15) is 23.0 Å². The van der Waals surface area contributed by atoms with Gasteiger partial charge in [0.25, 0.3) is 0 Å². The lowest BCUT2D eigenvalue weighted by molar-refractivity contribution is 0.0927. The second-order valence-electron chi connectivity index (χ2n) is 3.63. The van der Waals surface area contributed by atoms with Gasteiger partial charge in [0.15, 0.2) is 5.76 Å². The Hall–Kier alpha value is -1.88. The van der Waals surface area contributed by atoms with Crippen LogP contribution in [0.4, 0.5) is 0 Å². The summed E-state index contributed by atoms with van der Waals surface area (Å²) in [6.45, 7) is 1.82. The first-order chi connectivity index (χ1) is 8.66. The third-order valence-electron chi connectivity index (χ3n) is 2.31. The molecule has 0 saturated carbocycles. The molecule has 4 nitrogen and oxygen atoms in total. The van der Waals surface area contributed by atoms with E-state index in [9.17, 15) is 4.79 Å². The third-order valence-corrected chi connectivity index (χ3v) is 2.81. The van der Waals surface area contributed by atoms with Gasteiger partial charge >= 0.3 is 5.91 Å². The van der Waals surface area contributed by atoms with Gasteiger partial charge in [-0.15, -0.1) is 0 Å². The Morgan fingerprint density at radius 1 is 1.33 bits per heavy atom. The minimum atomic E-state index is -0.366. The number of halogens is 1. The Morgan fingerprint density at radius 2 is 2.17 bits per heavy atom. The number of carbonyl (C=O) groups is 1. The van der Waals surface area contributed by atoms with Crippen LogP contribution in [-0.2, 0) is 0 Å². The highest BCUT2D eigenvalue weighted by atomic mass is 79.9. The summed E-state index contributed by atoms with van der Waals surface area (Å²) in [7, 11) is 0. The van der Waals surface area contributed by atoms with E-state index in [1.54, 1.807) is 12.1 Å². The summed E-state index contributed by atoms with van der Waals surface area (Å²) in [6.07, 6.45) is 1.44. The molecule has 1 aromatic carbocycles. The first-order valence-corrected chi connectivity index (χ1v) is 6.10. The lowest BCUT2D eigenvalue weighted by atomic mass is 10.1. The zero-order valence-corrected chi connectivity index (χ0v) is 11.3. The summed E-state index contributed by atoms with van der Waals surface area (Å²) in [5.74, 6) is -0.130. The maximum absolute atomic E-state index is 11.6. The molecule has 1 N–H and O–H groups in total. The van der Waals surface area contributed by atoms with Crippen molar-refractivity contribution in [1.29, 1.82) is 0 Å². The average Bonchev–Trinajstić information content (AvgIpc) is 2.89. The minimum absolute atomic E-state index is 0.237. The first-order valence-electron chi connectivity index (χ1n) is 5.31. The molecule has 0 unspecified atom stereocenters. The normalized spacial score (nSPS) is 11.3. The number of amides is 1. The second-order valence-corrected chi connectivity index (χ2v) is 4.54. The number of hydrazone groups is 1. The molecule has 0 fully saturated rings. The van der Waals surface area contributed by atoms with Gasteiger partial charge in [-0.25, -0.2) is 5.43 Å².